The van der Waals surface area contributed by atoms with Crippen molar-refractivity contribution in [3.8, 4) is 0 Å². The molecule has 7 nitrogen and oxygen atoms in total. The first-order valence-corrected chi connectivity index (χ1v) is 10.4. The maximum absolute atomic E-state index is 12.9. The Morgan fingerprint density at radius 1 is 1.29 bits per heavy atom. The summed E-state index contributed by atoms with van der Waals surface area (Å²) in [6.45, 7) is 1.22. The Bertz CT molecular complexity index is 835. The van der Waals surface area contributed by atoms with E-state index in [2.05, 4.69) is 10.3 Å². The molecule has 0 spiro atoms. The third-order valence-electron chi connectivity index (χ3n) is 4.59. The van der Waals surface area contributed by atoms with Gasteiger partial charge in [0.25, 0.3) is 0 Å². The van der Waals surface area contributed by atoms with Gasteiger partial charge in [-0.2, -0.15) is 4.31 Å². The topological polar surface area (TPSA) is 77.3 Å². The van der Waals surface area contributed by atoms with Gasteiger partial charge in [-0.15, -0.1) is 16.9 Å². The second kappa shape index (κ2) is 6.14. The molecule has 2 aromatic rings. The van der Waals surface area contributed by atoms with Gasteiger partial charge in [-0.3, -0.25) is 0 Å². The zero-order valence-electron chi connectivity index (χ0n) is 13.2. The fraction of sp³-hybridized carbons (Fsp3) is 0.467. The van der Waals surface area contributed by atoms with Crippen LogP contribution in [0.1, 0.15) is 18.2 Å². The second-order valence-electron chi connectivity index (χ2n) is 5.91. The van der Waals surface area contributed by atoms with Gasteiger partial charge in [0.05, 0.1) is 35.5 Å². The molecule has 0 N–H and O–H groups in total. The number of hydrogen-bond acceptors (Lipinski definition) is 6. The van der Waals surface area contributed by atoms with Crippen LogP contribution in [0.4, 0.5) is 0 Å². The lowest BCUT2D eigenvalue weighted by Gasteiger charge is -2.40. The van der Waals surface area contributed by atoms with E-state index in [0.717, 1.165) is 10.6 Å². The standard InChI is InChI=1S/C15H18N4O3S2/c1-23-12-2-4-13(5-3-12)24(20,21)18-7-6-14-15(9-18)22-10-11-8-16-17-19(11)14/h2-5,8,14-15H,6-7,9-10H2,1H3/t14-,15-/m0/s1. The Balaban J connectivity index is 1.56. The van der Waals surface area contributed by atoms with E-state index in [9.17, 15) is 8.42 Å². The highest BCUT2D eigenvalue weighted by Gasteiger charge is 2.40. The molecule has 1 fully saturated rings. The van der Waals surface area contributed by atoms with Crippen LogP contribution in [-0.2, 0) is 21.4 Å². The number of thioether (sulfide) groups is 1. The molecule has 1 aromatic carbocycles. The Hall–Kier alpha value is -1.42. The summed E-state index contributed by atoms with van der Waals surface area (Å²) >= 11 is 1.59. The Morgan fingerprint density at radius 2 is 2.08 bits per heavy atom. The summed E-state index contributed by atoms with van der Waals surface area (Å²) in [6.07, 6.45) is 4.15. The van der Waals surface area contributed by atoms with Gasteiger partial charge in [-0.25, -0.2) is 13.1 Å². The summed E-state index contributed by atoms with van der Waals surface area (Å²) in [5, 5.41) is 8.05. The summed E-state index contributed by atoms with van der Waals surface area (Å²) in [4.78, 5) is 1.37. The quantitative estimate of drug-likeness (QED) is 0.767. The van der Waals surface area contributed by atoms with Gasteiger partial charge in [-0.05, 0) is 36.9 Å². The molecule has 0 amide bonds. The molecular formula is C15H18N4O3S2. The van der Waals surface area contributed by atoms with Crippen LogP contribution in [0.3, 0.4) is 0 Å². The van der Waals surface area contributed by atoms with E-state index in [-0.39, 0.29) is 12.1 Å². The molecular weight excluding hydrogens is 348 g/mol. The number of hydrogen-bond donors (Lipinski definition) is 0. The maximum Gasteiger partial charge on any atom is 0.243 e. The molecule has 2 aliphatic heterocycles. The molecule has 2 aliphatic rings. The highest BCUT2D eigenvalue weighted by Crippen LogP contribution is 2.33. The van der Waals surface area contributed by atoms with Gasteiger partial charge in [0.1, 0.15) is 0 Å². The number of nitrogens with zero attached hydrogens (tertiary/aromatic N) is 4. The zero-order chi connectivity index (χ0) is 16.7. The van der Waals surface area contributed by atoms with Crippen molar-refractivity contribution in [2.75, 3.05) is 19.3 Å². The third kappa shape index (κ3) is 2.65. The van der Waals surface area contributed by atoms with Crippen LogP contribution < -0.4 is 0 Å². The minimum absolute atomic E-state index is 0.0570. The number of sulfonamides is 1. The highest BCUT2D eigenvalue weighted by atomic mass is 32.2. The zero-order valence-corrected chi connectivity index (χ0v) is 14.8. The molecule has 0 radical (unpaired) electrons. The lowest BCUT2D eigenvalue weighted by atomic mass is 10.0. The van der Waals surface area contributed by atoms with E-state index >= 15 is 0 Å². The number of ether oxygens (including phenoxy) is 1. The molecule has 1 saturated heterocycles. The first kappa shape index (κ1) is 16.1. The van der Waals surface area contributed by atoms with E-state index in [0.29, 0.717) is 31.0 Å². The van der Waals surface area contributed by atoms with E-state index < -0.39 is 10.0 Å². The second-order valence-corrected chi connectivity index (χ2v) is 8.73. The van der Waals surface area contributed by atoms with Crippen LogP contribution in [-0.4, -0.2) is 53.2 Å². The highest BCUT2D eigenvalue weighted by molar-refractivity contribution is 7.98. The van der Waals surface area contributed by atoms with Crippen LogP contribution in [0.15, 0.2) is 40.3 Å². The summed E-state index contributed by atoms with van der Waals surface area (Å²) in [6, 6.07) is 7.07. The molecule has 0 bridgehead atoms. The number of piperidine rings is 1. The van der Waals surface area contributed by atoms with Crippen molar-refractivity contribution in [3.63, 3.8) is 0 Å². The SMILES string of the molecule is CSc1ccc(S(=O)(=O)N2CC[C@H]3[C@H](C2)OCc2cnnn23)cc1. The number of fused-ring (bicyclic) bond motifs is 3. The van der Waals surface area contributed by atoms with Gasteiger partial charge in [0, 0.05) is 18.0 Å². The summed E-state index contributed by atoms with van der Waals surface area (Å²) in [7, 11) is -3.50. The summed E-state index contributed by atoms with van der Waals surface area (Å²) < 4.78 is 35.0. The number of aromatic nitrogens is 3. The number of benzene rings is 1. The van der Waals surface area contributed by atoms with Crippen LogP contribution in [0.25, 0.3) is 0 Å². The van der Waals surface area contributed by atoms with Crippen LogP contribution >= 0.6 is 11.8 Å². The molecule has 2 atom stereocenters. The predicted molar refractivity (Wildman–Crippen MR) is 89.2 cm³/mol. The summed E-state index contributed by atoms with van der Waals surface area (Å²) in [5.41, 5.74) is 0.945. The molecule has 0 unspecified atom stereocenters. The molecule has 1 aromatic heterocycles. The monoisotopic (exact) mass is 366 g/mol. The van der Waals surface area contributed by atoms with Crippen molar-refractivity contribution >= 4 is 21.8 Å². The van der Waals surface area contributed by atoms with Crippen LogP contribution in [0, 0.1) is 0 Å². The van der Waals surface area contributed by atoms with Gasteiger partial charge in [-0.1, -0.05) is 5.21 Å². The largest absolute Gasteiger partial charge is 0.368 e. The average molecular weight is 366 g/mol. The van der Waals surface area contributed by atoms with E-state index in [4.69, 9.17) is 4.74 Å². The Kier molecular flexibility index (Phi) is 4.11. The lowest BCUT2D eigenvalue weighted by molar-refractivity contribution is -0.0543. The third-order valence-corrected chi connectivity index (χ3v) is 7.22. The van der Waals surface area contributed by atoms with Crippen molar-refractivity contribution in [1.29, 1.82) is 0 Å². The summed E-state index contributed by atoms with van der Waals surface area (Å²) in [5.74, 6) is 0. The fourth-order valence-corrected chi connectivity index (χ4v) is 5.15. The van der Waals surface area contributed by atoms with E-state index in [1.54, 1.807) is 30.1 Å². The Labute approximate surface area is 145 Å². The van der Waals surface area contributed by atoms with Crippen LogP contribution in [0.5, 0.6) is 0 Å². The van der Waals surface area contributed by atoms with Crippen molar-refractivity contribution in [1.82, 2.24) is 19.3 Å². The molecule has 24 heavy (non-hydrogen) atoms. The van der Waals surface area contributed by atoms with Crippen molar-refractivity contribution < 1.29 is 13.2 Å². The molecule has 0 aliphatic carbocycles. The maximum atomic E-state index is 12.9. The first-order valence-electron chi connectivity index (χ1n) is 7.74. The predicted octanol–water partition coefficient (Wildman–Crippen LogP) is 1.53. The molecule has 3 heterocycles. The Morgan fingerprint density at radius 3 is 2.83 bits per heavy atom. The first-order chi connectivity index (χ1) is 11.6. The van der Waals surface area contributed by atoms with Gasteiger partial charge in [0.2, 0.25) is 10.0 Å². The minimum Gasteiger partial charge on any atom is -0.368 e. The van der Waals surface area contributed by atoms with Crippen LogP contribution in [0.2, 0.25) is 0 Å². The van der Waals surface area contributed by atoms with Crippen molar-refractivity contribution in [2.45, 2.75) is 35.0 Å². The molecule has 128 valence electrons. The van der Waals surface area contributed by atoms with Gasteiger partial charge >= 0.3 is 0 Å². The van der Waals surface area contributed by atoms with E-state index in [1.165, 1.54) is 4.31 Å². The molecule has 4 rings (SSSR count). The fourth-order valence-electron chi connectivity index (χ4n) is 3.27. The minimum atomic E-state index is -3.50. The molecule has 9 heteroatoms. The average Bonchev–Trinajstić information content (AvgIpc) is 3.10. The van der Waals surface area contributed by atoms with Crippen molar-refractivity contribution in [2.24, 2.45) is 0 Å². The van der Waals surface area contributed by atoms with E-state index in [1.807, 2.05) is 23.1 Å². The smallest absolute Gasteiger partial charge is 0.243 e. The molecule has 0 saturated carbocycles. The van der Waals surface area contributed by atoms with Gasteiger partial charge < -0.3 is 4.74 Å². The van der Waals surface area contributed by atoms with Gasteiger partial charge in [0.15, 0.2) is 0 Å². The normalized spacial score (nSPS) is 24.4. The number of rotatable bonds is 3. The van der Waals surface area contributed by atoms with Crippen molar-refractivity contribution in [3.05, 3.63) is 36.2 Å². The lowest BCUT2D eigenvalue weighted by Crippen LogP contribution is -2.50.